The molecule has 2 rings (SSSR count). The van der Waals surface area contributed by atoms with Crippen molar-refractivity contribution in [2.75, 3.05) is 6.67 Å². The minimum absolute atomic E-state index is 0.000383. The summed E-state index contributed by atoms with van der Waals surface area (Å²) in [6, 6.07) is 15.3. The van der Waals surface area contributed by atoms with Gasteiger partial charge in [-0.1, -0.05) is 54.6 Å². The lowest BCUT2D eigenvalue weighted by Gasteiger charge is -2.15. The van der Waals surface area contributed by atoms with Gasteiger partial charge in [0.1, 0.15) is 6.04 Å². The molecule has 0 aliphatic carbocycles. The predicted octanol–water partition coefficient (Wildman–Crippen LogP) is 0.607. The Balaban J connectivity index is 2.09. The zero-order chi connectivity index (χ0) is 17.4. The lowest BCUT2D eigenvalue weighted by atomic mass is 9.99. The largest absolute Gasteiger partial charge is 0.347 e. The number of amides is 2. The number of carbonyl (C=O) groups excluding carboxylic acids is 3. The van der Waals surface area contributed by atoms with Crippen LogP contribution in [-0.4, -0.2) is 30.8 Å². The van der Waals surface area contributed by atoms with Gasteiger partial charge in [0.25, 0.3) is 0 Å². The van der Waals surface area contributed by atoms with Crippen LogP contribution in [0.1, 0.15) is 21.5 Å². The molecule has 4 N–H and O–H groups in total. The van der Waals surface area contributed by atoms with Crippen LogP contribution in [0.2, 0.25) is 0 Å². The molecule has 2 aromatic carbocycles. The molecule has 0 aromatic heterocycles. The molecular formula is C18H19N3O3. The molecule has 0 saturated carbocycles. The van der Waals surface area contributed by atoms with Crippen LogP contribution in [0.3, 0.4) is 0 Å². The van der Waals surface area contributed by atoms with E-state index in [2.05, 4.69) is 10.6 Å². The number of rotatable bonds is 8. The molecule has 0 radical (unpaired) electrons. The Kier molecular flexibility index (Phi) is 6.22. The summed E-state index contributed by atoms with van der Waals surface area (Å²) < 4.78 is 0. The number of hydrogen-bond donors (Lipinski definition) is 3. The summed E-state index contributed by atoms with van der Waals surface area (Å²) in [5.74, 6) is -0.417. The van der Waals surface area contributed by atoms with Crippen molar-refractivity contribution >= 4 is 18.1 Å². The molecule has 0 bridgehead atoms. The van der Waals surface area contributed by atoms with Crippen LogP contribution in [0.25, 0.3) is 0 Å². The first-order chi connectivity index (χ1) is 11.7. The molecule has 0 heterocycles. The van der Waals surface area contributed by atoms with Gasteiger partial charge in [-0.25, -0.2) is 0 Å². The van der Waals surface area contributed by atoms with Crippen LogP contribution in [0.5, 0.6) is 0 Å². The molecule has 6 heteroatoms. The Morgan fingerprint density at radius 1 is 1.00 bits per heavy atom. The first kappa shape index (κ1) is 17.4. The SMILES string of the molecule is NCNC(=O)C(Cc1ccc(C(=O)c2ccccc2)cc1)NC=O. The molecule has 0 spiro atoms. The predicted molar refractivity (Wildman–Crippen MR) is 90.2 cm³/mol. The van der Waals surface area contributed by atoms with Gasteiger partial charge in [-0.3, -0.25) is 14.4 Å². The van der Waals surface area contributed by atoms with E-state index in [0.717, 1.165) is 5.56 Å². The molecular weight excluding hydrogens is 306 g/mol. The monoisotopic (exact) mass is 325 g/mol. The zero-order valence-electron chi connectivity index (χ0n) is 13.1. The second-order valence-corrected chi connectivity index (χ2v) is 5.18. The number of carbonyl (C=O) groups is 3. The molecule has 124 valence electrons. The number of benzene rings is 2. The third kappa shape index (κ3) is 4.50. The zero-order valence-corrected chi connectivity index (χ0v) is 13.1. The Bertz CT molecular complexity index is 699. The maximum Gasteiger partial charge on any atom is 0.243 e. The van der Waals surface area contributed by atoms with Crippen molar-refractivity contribution in [3.8, 4) is 0 Å². The smallest absolute Gasteiger partial charge is 0.243 e. The summed E-state index contributed by atoms with van der Waals surface area (Å²) in [5, 5.41) is 4.93. The molecule has 2 amide bonds. The van der Waals surface area contributed by atoms with E-state index in [1.165, 1.54) is 0 Å². The first-order valence-electron chi connectivity index (χ1n) is 7.52. The van der Waals surface area contributed by atoms with Crippen LogP contribution in [0.4, 0.5) is 0 Å². The van der Waals surface area contributed by atoms with Gasteiger partial charge in [0, 0.05) is 17.5 Å². The normalized spacial score (nSPS) is 11.4. The van der Waals surface area contributed by atoms with Crippen molar-refractivity contribution in [1.29, 1.82) is 0 Å². The van der Waals surface area contributed by atoms with Gasteiger partial charge >= 0.3 is 0 Å². The van der Waals surface area contributed by atoms with Crippen LogP contribution < -0.4 is 16.4 Å². The number of nitrogens with one attached hydrogen (secondary N) is 2. The standard InChI is InChI=1S/C18H19N3O3/c19-11-20-18(24)16(21-12-22)10-13-6-8-15(9-7-13)17(23)14-4-2-1-3-5-14/h1-9,12,16H,10-11,19H2,(H,20,24)(H,21,22). The highest BCUT2D eigenvalue weighted by Gasteiger charge is 2.17. The summed E-state index contributed by atoms with van der Waals surface area (Å²) >= 11 is 0. The van der Waals surface area contributed by atoms with E-state index in [0.29, 0.717) is 24.0 Å². The molecule has 1 unspecified atom stereocenters. The quantitative estimate of drug-likeness (QED) is 0.376. The van der Waals surface area contributed by atoms with E-state index in [9.17, 15) is 14.4 Å². The van der Waals surface area contributed by atoms with Crippen molar-refractivity contribution < 1.29 is 14.4 Å². The van der Waals surface area contributed by atoms with Gasteiger partial charge in [-0.15, -0.1) is 0 Å². The van der Waals surface area contributed by atoms with Crippen LogP contribution >= 0.6 is 0 Å². The van der Waals surface area contributed by atoms with E-state index < -0.39 is 6.04 Å². The fourth-order valence-corrected chi connectivity index (χ4v) is 2.32. The van der Waals surface area contributed by atoms with Crippen LogP contribution in [0.15, 0.2) is 54.6 Å². The molecule has 0 fully saturated rings. The lowest BCUT2D eigenvalue weighted by molar-refractivity contribution is -0.125. The van der Waals surface area contributed by atoms with Crippen molar-refractivity contribution in [2.24, 2.45) is 5.73 Å². The third-order valence-electron chi connectivity index (χ3n) is 3.55. The first-order valence-corrected chi connectivity index (χ1v) is 7.52. The maximum atomic E-state index is 12.3. The fourth-order valence-electron chi connectivity index (χ4n) is 2.32. The summed E-state index contributed by atoms with van der Waals surface area (Å²) in [6.07, 6.45) is 0.790. The summed E-state index contributed by atoms with van der Waals surface area (Å²) in [7, 11) is 0. The summed E-state index contributed by atoms with van der Waals surface area (Å²) in [6.45, 7) is 0.000383. The van der Waals surface area contributed by atoms with Gasteiger partial charge in [-0.2, -0.15) is 0 Å². The Labute approximate surface area is 140 Å². The minimum atomic E-state index is -0.707. The minimum Gasteiger partial charge on any atom is -0.347 e. The average Bonchev–Trinajstić information content (AvgIpc) is 2.62. The summed E-state index contributed by atoms with van der Waals surface area (Å²) in [4.78, 5) is 34.8. The van der Waals surface area contributed by atoms with E-state index in [1.54, 1.807) is 36.4 Å². The Morgan fingerprint density at radius 3 is 2.21 bits per heavy atom. The van der Waals surface area contributed by atoms with Crippen LogP contribution in [-0.2, 0) is 16.0 Å². The maximum absolute atomic E-state index is 12.3. The third-order valence-corrected chi connectivity index (χ3v) is 3.55. The van der Waals surface area contributed by atoms with E-state index in [4.69, 9.17) is 5.73 Å². The summed E-state index contributed by atoms with van der Waals surface area (Å²) in [5.41, 5.74) is 7.29. The molecule has 24 heavy (non-hydrogen) atoms. The lowest BCUT2D eigenvalue weighted by Crippen LogP contribution is -2.46. The molecule has 6 nitrogen and oxygen atoms in total. The van der Waals surface area contributed by atoms with Crippen molar-refractivity contribution in [1.82, 2.24) is 10.6 Å². The molecule has 0 aliphatic rings. The topological polar surface area (TPSA) is 101 Å². The van der Waals surface area contributed by atoms with Gasteiger partial charge in [0.05, 0.1) is 6.67 Å². The molecule has 0 saturated heterocycles. The van der Waals surface area contributed by atoms with Gasteiger partial charge in [-0.05, 0) is 5.56 Å². The highest BCUT2D eigenvalue weighted by Crippen LogP contribution is 2.12. The fraction of sp³-hybridized carbons (Fsp3) is 0.167. The average molecular weight is 325 g/mol. The second kappa shape index (κ2) is 8.59. The van der Waals surface area contributed by atoms with Gasteiger partial charge in [0.2, 0.25) is 12.3 Å². The molecule has 0 aliphatic heterocycles. The molecule has 1 atom stereocenters. The van der Waals surface area contributed by atoms with Crippen LogP contribution in [0, 0.1) is 0 Å². The van der Waals surface area contributed by atoms with E-state index >= 15 is 0 Å². The second-order valence-electron chi connectivity index (χ2n) is 5.18. The number of hydrogen-bond acceptors (Lipinski definition) is 4. The molecule has 2 aromatic rings. The van der Waals surface area contributed by atoms with Crippen molar-refractivity contribution in [3.63, 3.8) is 0 Å². The van der Waals surface area contributed by atoms with Crippen molar-refractivity contribution in [3.05, 3.63) is 71.3 Å². The highest BCUT2D eigenvalue weighted by atomic mass is 16.2. The van der Waals surface area contributed by atoms with Gasteiger partial charge < -0.3 is 16.4 Å². The van der Waals surface area contributed by atoms with Gasteiger partial charge in [0.15, 0.2) is 5.78 Å². The van der Waals surface area contributed by atoms with E-state index in [1.807, 2.05) is 18.2 Å². The number of ketones is 1. The Morgan fingerprint density at radius 2 is 1.62 bits per heavy atom. The number of nitrogens with two attached hydrogens (primary N) is 1. The van der Waals surface area contributed by atoms with Crippen molar-refractivity contribution in [2.45, 2.75) is 12.5 Å². The Hall–Kier alpha value is -2.99. The van der Waals surface area contributed by atoms with E-state index in [-0.39, 0.29) is 18.4 Å². The highest BCUT2D eigenvalue weighted by molar-refractivity contribution is 6.08.